The van der Waals surface area contributed by atoms with E-state index in [2.05, 4.69) is 4.98 Å². The van der Waals surface area contributed by atoms with E-state index in [1.165, 1.54) is 39.3 Å². The summed E-state index contributed by atoms with van der Waals surface area (Å²) < 4.78 is 53.8. The number of carboxylic acids is 2. The summed E-state index contributed by atoms with van der Waals surface area (Å²) in [5, 5.41) is 16.5. The number of nitrogens with zero attached hydrogens (tertiary/aromatic N) is 1. The van der Waals surface area contributed by atoms with E-state index in [9.17, 15) is 27.9 Å². The van der Waals surface area contributed by atoms with Gasteiger partial charge >= 0.3 is 18.1 Å². The van der Waals surface area contributed by atoms with E-state index in [0.717, 1.165) is 11.3 Å². The van der Waals surface area contributed by atoms with E-state index >= 15 is 0 Å². The summed E-state index contributed by atoms with van der Waals surface area (Å²) in [5.74, 6) is -2.65. The van der Waals surface area contributed by atoms with Gasteiger partial charge in [0.25, 0.3) is 0 Å². The molecule has 2 aromatic carbocycles. The minimum absolute atomic E-state index is 0.102. The van der Waals surface area contributed by atoms with Gasteiger partial charge in [-0.25, -0.2) is 14.6 Å². The predicted octanol–water partition coefficient (Wildman–Crippen LogP) is 4.96. The van der Waals surface area contributed by atoms with Crippen LogP contribution in [0.1, 0.15) is 35.3 Å². The summed E-state index contributed by atoms with van der Waals surface area (Å²) >= 11 is 0. The maximum atomic E-state index is 13.1. The number of rotatable bonds is 11. The quantitative estimate of drug-likeness (QED) is 0.236. The van der Waals surface area contributed by atoms with Crippen LogP contribution >= 0.6 is 0 Å². The molecule has 0 amide bonds. The number of carbonyl (C=O) groups is 3. The highest BCUT2D eigenvalue weighted by atomic mass is 19.4. The van der Waals surface area contributed by atoms with E-state index in [-0.39, 0.29) is 23.7 Å². The zero-order chi connectivity index (χ0) is 30.8. The van der Waals surface area contributed by atoms with E-state index in [0.29, 0.717) is 23.8 Å². The second-order valence-corrected chi connectivity index (χ2v) is 8.81. The fraction of sp³-hybridized carbons (Fsp3) is 0.286. The van der Waals surface area contributed by atoms with Crippen LogP contribution in [0.25, 0.3) is 0 Å². The monoisotopic (exact) mass is 579 g/mol. The standard InChI is InChI=1S/C26H27NO7.C2HF3O2/c1-17-5-8-19(9-6-17)32-13-14-33-23-12-7-18(16-27-23)24(28)21-11-10-20(31-4)15-22(21)34-26(2,3)25(29)30;3-2(4,5)1(6)7/h5-12,15-16H,13-14H2,1-4H3,(H,29,30);(H,6,7). The minimum atomic E-state index is -5.08. The van der Waals surface area contributed by atoms with Crippen molar-refractivity contribution in [2.45, 2.75) is 32.5 Å². The van der Waals surface area contributed by atoms with Crippen LogP contribution in [0.5, 0.6) is 23.1 Å². The molecule has 0 unspecified atom stereocenters. The molecular formula is C28H28F3NO9. The topological polar surface area (TPSA) is 141 Å². The number of aromatic nitrogens is 1. The number of methoxy groups -OCH3 is 1. The van der Waals surface area contributed by atoms with Crippen LogP contribution in [-0.2, 0) is 9.59 Å². The normalized spacial score (nSPS) is 11.0. The molecule has 13 heteroatoms. The highest BCUT2D eigenvalue weighted by Gasteiger charge is 2.38. The van der Waals surface area contributed by atoms with Gasteiger partial charge in [0.1, 0.15) is 30.5 Å². The number of hydrogen-bond acceptors (Lipinski definition) is 8. The summed E-state index contributed by atoms with van der Waals surface area (Å²) in [4.78, 5) is 37.7. The van der Waals surface area contributed by atoms with Gasteiger partial charge in [0, 0.05) is 23.9 Å². The number of carbonyl (C=O) groups excluding carboxylic acids is 1. The van der Waals surface area contributed by atoms with Crippen molar-refractivity contribution in [1.29, 1.82) is 0 Å². The molecular weight excluding hydrogens is 551 g/mol. The van der Waals surface area contributed by atoms with Crippen LogP contribution in [0.15, 0.2) is 60.8 Å². The molecule has 0 aliphatic carbocycles. The number of pyridine rings is 1. The Morgan fingerprint density at radius 2 is 1.44 bits per heavy atom. The first-order valence-corrected chi connectivity index (χ1v) is 11.9. The fourth-order valence-corrected chi connectivity index (χ4v) is 2.92. The highest BCUT2D eigenvalue weighted by molar-refractivity contribution is 6.10. The maximum absolute atomic E-state index is 13.1. The summed E-state index contributed by atoms with van der Waals surface area (Å²) in [6.07, 6.45) is -3.69. The van der Waals surface area contributed by atoms with Crippen LogP contribution in [-0.4, -0.2) is 65.0 Å². The summed E-state index contributed by atoms with van der Waals surface area (Å²) in [5.41, 5.74) is 0.0997. The zero-order valence-electron chi connectivity index (χ0n) is 22.5. The van der Waals surface area contributed by atoms with E-state index in [4.69, 9.17) is 28.8 Å². The molecule has 0 saturated carbocycles. The summed E-state index contributed by atoms with van der Waals surface area (Å²) in [6.45, 7) is 5.44. The fourth-order valence-electron chi connectivity index (χ4n) is 2.92. The van der Waals surface area contributed by atoms with Gasteiger partial charge in [-0.05, 0) is 51.1 Å². The number of hydrogen-bond donors (Lipinski definition) is 2. The van der Waals surface area contributed by atoms with Gasteiger partial charge in [0.2, 0.25) is 5.88 Å². The Morgan fingerprint density at radius 1 is 0.854 bits per heavy atom. The first-order valence-electron chi connectivity index (χ1n) is 11.9. The van der Waals surface area contributed by atoms with Crippen molar-refractivity contribution >= 4 is 17.7 Å². The number of aliphatic carboxylic acids is 2. The van der Waals surface area contributed by atoms with Gasteiger partial charge in [-0.2, -0.15) is 13.2 Å². The molecule has 41 heavy (non-hydrogen) atoms. The average Bonchev–Trinajstić information content (AvgIpc) is 2.91. The Kier molecular flexibility index (Phi) is 11.1. The number of aryl methyl sites for hydroxylation is 1. The third-order valence-corrected chi connectivity index (χ3v) is 5.18. The molecule has 0 spiro atoms. The van der Waals surface area contributed by atoms with Gasteiger partial charge < -0.3 is 29.2 Å². The minimum Gasteiger partial charge on any atom is -0.497 e. The molecule has 0 saturated heterocycles. The average molecular weight is 580 g/mol. The van der Waals surface area contributed by atoms with Crippen molar-refractivity contribution in [3.05, 3.63) is 77.5 Å². The van der Waals surface area contributed by atoms with Crippen molar-refractivity contribution in [2.24, 2.45) is 0 Å². The Balaban J connectivity index is 0.000000745. The second-order valence-electron chi connectivity index (χ2n) is 8.81. The number of ether oxygens (including phenoxy) is 4. The lowest BCUT2D eigenvalue weighted by Crippen LogP contribution is -2.38. The first-order chi connectivity index (χ1) is 19.1. The van der Waals surface area contributed by atoms with Crippen LogP contribution < -0.4 is 18.9 Å². The highest BCUT2D eigenvalue weighted by Crippen LogP contribution is 2.30. The number of ketones is 1. The van der Waals surface area contributed by atoms with Crippen molar-refractivity contribution < 1.29 is 56.7 Å². The van der Waals surface area contributed by atoms with Gasteiger partial charge in [0.15, 0.2) is 11.4 Å². The summed E-state index contributed by atoms with van der Waals surface area (Å²) in [7, 11) is 1.47. The van der Waals surface area contributed by atoms with Crippen molar-refractivity contribution in [3.63, 3.8) is 0 Å². The Bertz CT molecular complexity index is 1340. The van der Waals surface area contributed by atoms with Crippen LogP contribution in [0, 0.1) is 6.92 Å². The van der Waals surface area contributed by atoms with Crippen molar-refractivity contribution in [1.82, 2.24) is 4.98 Å². The van der Waals surface area contributed by atoms with E-state index in [1.54, 1.807) is 18.2 Å². The lowest BCUT2D eigenvalue weighted by molar-refractivity contribution is -0.192. The Morgan fingerprint density at radius 3 is 1.95 bits per heavy atom. The maximum Gasteiger partial charge on any atom is 0.490 e. The Labute approximate surface area is 233 Å². The van der Waals surface area contributed by atoms with Gasteiger partial charge in [-0.3, -0.25) is 4.79 Å². The molecule has 10 nitrogen and oxygen atoms in total. The number of alkyl halides is 3. The molecule has 220 valence electrons. The molecule has 0 atom stereocenters. The molecule has 0 bridgehead atoms. The largest absolute Gasteiger partial charge is 0.497 e. The molecule has 0 aliphatic rings. The molecule has 3 rings (SSSR count). The lowest BCUT2D eigenvalue weighted by Gasteiger charge is -2.23. The van der Waals surface area contributed by atoms with Gasteiger partial charge in [-0.1, -0.05) is 17.7 Å². The molecule has 0 radical (unpaired) electrons. The van der Waals surface area contributed by atoms with Gasteiger partial charge in [-0.15, -0.1) is 0 Å². The number of halogens is 3. The van der Waals surface area contributed by atoms with Gasteiger partial charge in [0.05, 0.1) is 12.7 Å². The first kappa shape index (κ1) is 32.4. The zero-order valence-corrected chi connectivity index (χ0v) is 22.5. The third kappa shape index (κ3) is 10.0. The number of benzene rings is 2. The van der Waals surface area contributed by atoms with E-state index in [1.807, 2.05) is 31.2 Å². The Hall–Kier alpha value is -4.81. The van der Waals surface area contributed by atoms with Crippen LogP contribution in [0.3, 0.4) is 0 Å². The molecule has 1 aromatic heterocycles. The molecule has 1 heterocycles. The molecule has 0 aliphatic heterocycles. The summed E-state index contributed by atoms with van der Waals surface area (Å²) in [6, 6.07) is 15.5. The molecule has 2 N–H and O–H groups in total. The SMILES string of the molecule is COc1ccc(C(=O)c2ccc(OCCOc3ccc(C)cc3)nc2)c(OC(C)(C)C(=O)O)c1.O=C(O)C(F)(F)F. The number of carboxylic acid groups (broad SMARTS) is 2. The lowest BCUT2D eigenvalue weighted by atomic mass is 10.0. The predicted molar refractivity (Wildman–Crippen MR) is 139 cm³/mol. The molecule has 0 fully saturated rings. The van der Waals surface area contributed by atoms with Crippen LogP contribution in [0.4, 0.5) is 13.2 Å². The second kappa shape index (κ2) is 14.0. The van der Waals surface area contributed by atoms with Crippen molar-refractivity contribution in [3.8, 4) is 23.1 Å². The third-order valence-electron chi connectivity index (χ3n) is 5.18. The molecule has 3 aromatic rings. The van der Waals surface area contributed by atoms with E-state index < -0.39 is 23.7 Å². The van der Waals surface area contributed by atoms with Crippen LogP contribution in [0.2, 0.25) is 0 Å². The van der Waals surface area contributed by atoms with Crippen molar-refractivity contribution in [2.75, 3.05) is 20.3 Å². The smallest absolute Gasteiger partial charge is 0.490 e.